The molecule has 0 bridgehead atoms. The lowest BCUT2D eigenvalue weighted by Gasteiger charge is -2.21. The van der Waals surface area contributed by atoms with Crippen molar-refractivity contribution in [3.8, 4) is 0 Å². The maximum atomic E-state index is 9.44. The zero-order chi connectivity index (χ0) is 28.0. The molecule has 3 aromatic carbocycles. The van der Waals surface area contributed by atoms with Crippen molar-refractivity contribution in [2.45, 2.75) is 52.9 Å². The molecule has 0 saturated heterocycles. The number of nitrogens with zero attached hydrogens (tertiary/aromatic N) is 3. The lowest BCUT2D eigenvalue weighted by Crippen LogP contribution is -2.23. The highest BCUT2D eigenvalue weighted by atomic mass is 31.1. The highest BCUT2D eigenvalue weighted by Crippen LogP contribution is 2.27. The van der Waals surface area contributed by atoms with Gasteiger partial charge in [-0.25, -0.2) is 0 Å². The van der Waals surface area contributed by atoms with Gasteiger partial charge in [0, 0.05) is 4.91 Å². The van der Waals surface area contributed by atoms with Gasteiger partial charge >= 0.3 is 0 Å². The second kappa shape index (κ2) is 19.3. The minimum atomic E-state index is -0.431. The molecule has 3 aliphatic heterocycles. The topological polar surface area (TPSA) is 123 Å². The molecule has 9 heteroatoms. The lowest BCUT2D eigenvalue weighted by atomic mass is 10.00. The molecule has 3 N–H and O–H groups in total. The fourth-order valence-corrected chi connectivity index (χ4v) is 4.29. The lowest BCUT2D eigenvalue weighted by molar-refractivity contribution is 0.00981. The van der Waals surface area contributed by atoms with Crippen LogP contribution in [-0.2, 0) is 34.0 Å². The van der Waals surface area contributed by atoms with Crippen LogP contribution in [0.5, 0.6) is 0 Å². The molecule has 8 nitrogen and oxygen atoms in total. The molecule has 0 radical (unpaired) electrons. The normalized spacial score (nSPS) is 19.5. The predicted octanol–water partition coefficient (Wildman–Crippen LogP) is 7.66. The Kier molecular flexibility index (Phi) is 17.1. The van der Waals surface area contributed by atoms with Crippen molar-refractivity contribution in [2.24, 2.45) is 10.8 Å². The summed E-state index contributed by atoms with van der Waals surface area (Å²) in [6.07, 6.45) is -0.431. The Morgan fingerprint density at radius 3 is 1.66 bits per heavy atom. The van der Waals surface area contributed by atoms with E-state index in [0.717, 1.165) is 22.3 Å². The van der Waals surface area contributed by atoms with Gasteiger partial charge in [0.2, 0.25) is 0 Å². The van der Waals surface area contributed by atoms with Gasteiger partial charge in [-0.3, -0.25) is 0 Å². The molecule has 41 heavy (non-hydrogen) atoms. The van der Waals surface area contributed by atoms with Gasteiger partial charge < -0.3 is 25.1 Å². The Morgan fingerprint density at radius 1 is 0.732 bits per heavy atom. The fourth-order valence-electron chi connectivity index (χ4n) is 4.29. The third kappa shape index (κ3) is 11.5. The third-order valence-electron chi connectivity index (χ3n) is 6.10. The summed E-state index contributed by atoms with van der Waals surface area (Å²) < 4.78 is 15.7. The van der Waals surface area contributed by atoms with Gasteiger partial charge in [0.05, 0.1) is 51.7 Å². The maximum Gasteiger partial charge on any atom is 0.103 e. The zero-order valence-electron chi connectivity index (χ0n) is 22.9. The van der Waals surface area contributed by atoms with Crippen LogP contribution in [0.15, 0.2) is 77.9 Å². The van der Waals surface area contributed by atoms with Crippen LogP contribution in [0.1, 0.15) is 66.4 Å². The van der Waals surface area contributed by atoms with Crippen LogP contribution in [0.25, 0.3) is 10.4 Å². The first-order chi connectivity index (χ1) is 18.9. The molecule has 3 unspecified atom stereocenters. The van der Waals surface area contributed by atoms with Crippen LogP contribution < -0.4 is 5.73 Å². The molecule has 0 amide bonds. The number of hydrogen-bond acceptors (Lipinski definition) is 6. The van der Waals surface area contributed by atoms with Crippen LogP contribution >= 0.6 is 7.92 Å². The molecule has 0 fully saturated rings. The molecule has 224 valence electrons. The summed E-state index contributed by atoms with van der Waals surface area (Å²) in [5.41, 5.74) is 21.0. The second-order valence-corrected chi connectivity index (χ2v) is 12.5. The molecule has 3 heterocycles. The van der Waals surface area contributed by atoms with Crippen molar-refractivity contribution in [1.82, 2.24) is 0 Å². The molecular formula is C32H47N4O4P. The van der Waals surface area contributed by atoms with Crippen molar-refractivity contribution in [1.29, 1.82) is 0 Å². The van der Waals surface area contributed by atoms with Gasteiger partial charge in [0.15, 0.2) is 0 Å². The first-order valence-corrected chi connectivity index (χ1v) is 15.6. The Bertz CT molecular complexity index is 1160. The van der Waals surface area contributed by atoms with Gasteiger partial charge in [0.25, 0.3) is 0 Å². The van der Waals surface area contributed by atoms with E-state index in [9.17, 15) is 5.11 Å². The number of benzene rings is 3. The Morgan fingerprint density at radius 2 is 1.15 bits per heavy atom. The smallest absolute Gasteiger partial charge is 0.103 e. The van der Waals surface area contributed by atoms with E-state index in [0.29, 0.717) is 47.6 Å². The monoisotopic (exact) mass is 582 g/mol. The number of azide groups is 1. The number of hydrogen-bond donors (Lipinski definition) is 2. The van der Waals surface area contributed by atoms with E-state index in [1.165, 1.54) is 11.1 Å². The number of aliphatic hydroxyl groups excluding tert-OH is 1. The fraction of sp³-hybridized carbons (Fsp3) is 0.438. The summed E-state index contributed by atoms with van der Waals surface area (Å²) in [6.45, 7) is 10.2. The molecular weight excluding hydrogens is 535 g/mol. The highest BCUT2D eigenvalue weighted by molar-refractivity contribution is 7.55. The summed E-state index contributed by atoms with van der Waals surface area (Å²) in [4.78, 5) is 2.80. The molecule has 0 saturated carbocycles. The summed E-state index contributed by atoms with van der Waals surface area (Å²) in [7, 11) is 0.380. The minimum Gasteiger partial charge on any atom is -0.386 e. The third-order valence-corrected chi connectivity index (χ3v) is 6.10. The van der Waals surface area contributed by atoms with Gasteiger partial charge in [-0.15, -0.1) is 7.92 Å². The van der Waals surface area contributed by atoms with Crippen LogP contribution in [0.2, 0.25) is 0 Å². The summed E-state index contributed by atoms with van der Waals surface area (Å²) in [5.74, 6) is 0. The maximum absolute atomic E-state index is 9.44. The van der Waals surface area contributed by atoms with Crippen LogP contribution in [0.4, 0.5) is 0 Å². The number of fused-ring (bicyclic) bond motifs is 3. The van der Waals surface area contributed by atoms with Crippen molar-refractivity contribution in [3.63, 3.8) is 0 Å². The number of ether oxygens (including phenoxy) is 3. The predicted molar refractivity (Wildman–Crippen MR) is 170 cm³/mol. The largest absolute Gasteiger partial charge is 0.386 e. The van der Waals surface area contributed by atoms with E-state index < -0.39 is 6.10 Å². The molecule has 0 aliphatic carbocycles. The van der Waals surface area contributed by atoms with Crippen LogP contribution in [0.3, 0.4) is 0 Å². The van der Waals surface area contributed by atoms with E-state index in [-0.39, 0.29) is 26.9 Å². The van der Waals surface area contributed by atoms with Crippen molar-refractivity contribution >= 4 is 7.92 Å². The Balaban J connectivity index is 0.000000283. The van der Waals surface area contributed by atoms with E-state index >= 15 is 0 Å². The molecule has 6 rings (SSSR count). The first-order valence-electron chi connectivity index (χ1n) is 13.0. The molecule has 0 aromatic heterocycles. The number of aliphatic hydroxyl groups is 1. The number of nitrogens with two attached hydrogens (primary N) is 1. The summed E-state index contributed by atoms with van der Waals surface area (Å²) in [5, 5.41) is 13.1. The quantitative estimate of drug-likeness (QED) is 0.132. The van der Waals surface area contributed by atoms with Crippen molar-refractivity contribution < 1.29 is 19.3 Å². The Hall–Kier alpha value is -2.80. The van der Waals surface area contributed by atoms with E-state index in [4.69, 9.17) is 25.5 Å². The highest BCUT2D eigenvalue weighted by Gasteiger charge is 2.19. The molecule has 3 atom stereocenters. The van der Waals surface area contributed by atoms with E-state index in [2.05, 4.69) is 42.2 Å². The van der Waals surface area contributed by atoms with Crippen molar-refractivity contribution in [3.05, 3.63) is 117 Å². The zero-order valence-corrected chi connectivity index (χ0v) is 23.8. The van der Waals surface area contributed by atoms with Gasteiger partial charge in [-0.1, -0.05) is 92.8 Å². The van der Waals surface area contributed by atoms with E-state index in [1.807, 2.05) is 60.7 Å². The Labute approximate surface area is 247 Å². The first kappa shape index (κ1) is 36.2. The average molecular weight is 583 g/mol. The standard InChI is InChI=1S/C9H9N3O.C9H11NO.C9H10O2.C3H9P.2CH4/c10-12-11-9-6-13-5-7-3-1-2-4-8(7)9;2*10-9-6-11-5-7-3-1-2-4-8(7)9;1-4(2)3;;/h1-4,9H,5-6H2;1-4,9H,5-6,10H2;1-4,9-10H,5-6H2;1-3H3;2*1H4. The summed E-state index contributed by atoms with van der Waals surface area (Å²) >= 11 is 0. The molecule has 3 aromatic rings. The second-order valence-electron chi connectivity index (χ2n) is 9.83. The minimum absolute atomic E-state index is 0. The number of rotatable bonds is 1. The molecule has 0 spiro atoms. The van der Waals surface area contributed by atoms with E-state index in [1.54, 1.807) is 0 Å². The van der Waals surface area contributed by atoms with Gasteiger partial charge in [-0.2, -0.15) is 0 Å². The van der Waals surface area contributed by atoms with Gasteiger partial charge in [-0.05, 0) is 58.9 Å². The van der Waals surface area contributed by atoms with Crippen molar-refractivity contribution in [2.75, 3.05) is 39.8 Å². The van der Waals surface area contributed by atoms with Gasteiger partial charge in [0.1, 0.15) is 6.10 Å². The van der Waals surface area contributed by atoms with Crippen LogP contribution in [0, 0.1) is 0 Å². The van der Waals surface area contributed by atoms with Crippen LogP contribution in [-0.4, -0.2) is 44.9 Å². The summed E-state index contributed by atoms with van der Waals surface area (Å²) in [6, 6.07) is 23.8. The average Bonchev–Trinajstić information content (AvgIpc) is 2.95. The molecule has 3 aliphatic rings. The SMILES string of the molecule is C.C.CP(C)C.NC1COCc2ccccc21.OC1COCc2ccccc21.[N-]=[N+]=NC1COCc2ccccc21.